The highest BCUT2D eigenvalue weighted by Crippen LogP contribution is 2.39. The smallest absolute Gasteiger partial charge is 0.237 e. The number of hydrogen-bond acceptors (Lipinski definition) is 6. The third-order valence-corrected chi connectivity index (χ3v) is 7.57. The average Bonchev–Trinajstić information content (AvgIpc) is 2.82. The maximum absolute atomic E-state index is 13.3. The minimum atomic E-state index is -1.09. The van der Waals surface area contributed by atoms with Crippen molar-refractivity contribution in [3.63, 3.8) is 0 Å². The van der Waals surface area contributed by atoms with Gasteiger partial charge in [0.2, 0.25) is 17.7 Å². The number of carbonyl (C=O) groups excluding carboxylic acids is 3. The monoisotopic (exact) mass is 515 g/mol. The van der Waals surface area contributed by atoms with Gasteiger partial charge >= 0.3 is 0 Å². The molecule has 2 fully saturated rings. The fraction of sp³-hybridized carbons (Fsp3) is 0.679. The summed E-state index contributed by atoms with van der Waals surface area (Å²) in [4.78, 5) is 39.5. The summed E-state index contributed by atoms with van der Waals surface area (Å²) in [5.41, 5.74) is 11.7. The van der Waals surface area contributed by atoms with Crippen LogP contribution in [0.15, 0.2) is 30.3 Å². The van der Waals surface area contributed by atoms with E-state index in [0.29, 0.717) is 18.3 Å². The van der Waals surface area contributed by atoms with Crippen LogP contribution >= 0.6 is 0 Å². The van der Waals surface area contributed by atoms with Crippen LogP contribution in [0.5, 0.6) is 0 Å². The molecule has 1 aromatic rings. The average molecular weight is 516 g/mol. The van der Waals surface area contributed by atoms with E-state index in [9.17, 15) is 19.5 Å². The number of carbonyl (C=O) groups is 3. The number of primary amides is 1. The lowest BCUT2D eigenvalue weighted by molar-refractivity contribution is -0.133. The Hall–Kier alpha value is -2.49. The molecular formula is C28H45N5O4. The molecule has 37 heavy (non-hydrogen) atoms. The quantitative estimate of drug-likeness (QED) is 0.315. The van der Waals surface area contributed by atoms with Crippen molar-refractivity contribution >= 4 is 17.7 Å². The highest BCUT2D eigenvalue weighted by Gasteiger charge is 2.41. The van der Waals surface area contributed by atoms with E-state index >= 15 is 0 Å². The minimum absolute atomic E-state index is 0.0177. The second kappa shape index (κ2) is 12.8. The Balaban J connectivity index is 1.78. The molecule has 7 N–H and O–H groups in total. The van der Waals surface area contributed by atoms with Crippen LogP contribution in [-0.4, -0.2) is 70.6 Å². The summed E-state index contributed by atoms with van der Waals surface area (Å²) < 4.78 is 0. The van der Waals surface area contributed by atoms with Crippen molar-refractivity contribution in [3.05, 3.63) is 35.9 Å². The number of aliphatic hydroxyl groups is 1. The van der Waals surface area contributed by atoms with Crippen LogP contribution < -0.4 is 22.1 Å². The van der Waals surface area contributed by atoms with Gasteiger partial charge in [0.25, 0.3) is 0 Å². The first-order valence-electron chi connectivity index (χ1n) is 13.5. The summed E-state index contributed by atoms with van der Waals surface area (Å²) in [6.45, 7) is 6.90. The first-order valence-corrected chi connectivity index (χ1v) is 13.5. The Labute approximate surface area is 220 Å². The van der Waals surface area contributed by atoms with Crippen LogP contribution in [0.25, 0.3) is 0 Å². The molecular weight excluding hydrogens is 470 g/mol. The summed E-state index contributed by atoms with van der Waals surface area (Å²) in [7, 11) is 0. The lowest BCUT2D eigenvalue weighted by Crippen LogP contribution is -2.60. The van der Waals surface area contributed by atoms with Crippen LogP contribution in [-0.2, 0) is 20.8 Å². The molecule has 1 saturated heterocycles. The molecule has 0 spiro atoms. The predicted octanol–water partition coefficient (Wildman–Crippen LogP) is 1.07. The normalized spacial score (nSPS) is 24.8. The minimum Gasteiger partial charge on any atom is -0.390 e. The number of amides is 3. The molecule has 206 valence electrons. The van der Waals surface area contributed by atoms with Crippen molar-refractivity contribution in [2.45, 2.75) is 95.5 Å². The number of fused-ring (bicyclic) bond motifs is 1. The number of piperidine rings is 1. The number of likely N-dealkylation sites (tertiary alicyclic amines) is 1. The second-order valence-corrected chi connectivity index (χ2v) is 11.9. The zero-order valence-corrected chi connectivity index (χ0v) is 22.5. The van der Waals surface area contributed by atoms with E-state index in [1.165, 1.54) is 12.8 Å². The topological polar surface area (TPSA) is 151 Å². The molecule has 2 aliphatic rings. The second-order valence-electron chi connectivity index (χ2n) is 11.9. The highest BCUT2D eigenvalue weighted by atomic mass is 16.3. The number of rotatable bonds is 10. The first kappa shape index (κ1) is 29.1. The third kappa shape index (κ3) is 8.79. The van der Waals surface area contributed by atoms with Crippen LogP contribution in [0.4, 0.5) is 0 Å². The molecule has 0 unspecified atom stereocenters. The molecule has 1 saturated carbocycles. The Morgan fingerprint density at radius 2 is 1.76 bits per heavy atom. The molecule has 0 aromatic heterocycles. The molecule has 1 heterocycles. The summed E-state index contributed by atoms with van der Waals surface area (Å²) in [6, 6.07) is 7.50. The van der Waals surface area contributed by atoms with Crippen molar-refractivity contribution in [3.8, 4) is 0 Å². The van der Waals surface area contributed by atoms with Gasteiger partial charge < -0.3 is 27.2 Å². The van der Waals surface area contributed by atoms with Gasteiger partial charge in [-0.2, -0.15) is 0 Å². The molecule has 3 amide bonds. The van der Waals surface area contributed by atoms with Gasteiger partial charge in [-0.05, 0) is 57.4 Å². The molecule has 6 atom stereocenters. The van der Waals surface area contributed by atoms with Gasteiger partial charge in [0.15, 0.2) is 0 Å². The van der Waals surface area contributed by atoms with E-state index in [1.54, 1.807) is 0 Å². The Kier molecular flexibility index (Phi) is 10.1. The molecule has 9 nitrogen and oxygen atoms in total. The molecule has 1 aliphatic heterocycles. The first-order chi connectivity index (χ1) is 17.4. The Morgan fingerprint density at radius 3 is 2.38 bits per heavy atom. The van der Waals surface area contributed by atoms with E-state index in [-0.39, 0.29) is 30.5 Å². The Morgan fingerprint density at radius 1 is 1.11 bits per heavy atom. The van der Waals surface area contributed by atoms with Gasteiger partial charge in [0.1, 0.15) is 0 Å². The summed E-state index contributed by atoms with van der Waals surface area (Å²) in [5, 5.41) is 17.4. The molecule has 0 bridgehead atoms. The van der Waals surface area contributed by atoms with E-state index in [4.69, 9.17) is 11.5 Å². The summed E-state index contributed by atoms with van der Waals surface area (Å²) in [6.07, 6.45) is 4.62. The van der Waals surface area contributed by atoms with Crippen molar-refractivity contribution in [1.29, 1.82) is 0 Å². The number of β-amino-alcohol motifs (C(OH)–C–C–N with tert-alkyl or cyclic N) is 1. The van der Waals surface area contributed by atoms with Crippen LogP contribution in [0, 0.1) is 11.8 Å². The van der Waals surface area contributed by atoms with E-state index < -0.39 is 30.0 Å². The third-order valence-electron chi connectivity index (χ3n) is 7.57. The van der Waals surface area contributed by atoms with Gasteiger partial charge in [0, 0.05) is 18.6 Å². The number of aliphatic hydroxyl groups excluding tert-OH is 1. The maximum Gasteiger partial charge on any atom is 0.237 e. The molecule has 9 heteroatoms. The molecule has 3 rings (SSSR count). The van der Waals surface area contributed by atoms with Crippen molar-refractivity contribution in [1.82, 2.24) is 15.5 Å². The number of nitrogens with zero attached hydrogens (tertiary/aromatic N) is 1. The largest absolute Gasteiger partial charge is 0.390 e. The van der Waals surface area contributed by atoms with E-state index in [2.05, 4.69) is 15.5 Å². The zero-order chi connectivity index (χ0) is 27.2. The van der Waals surface area contributed by atoms with Crippen molar-refractivity contribution in [2.24, 2.45) is 23.3 Å². The Bertz CT molecular complexity index is 919. The highest BCUT2D eigenvalue weighted by molar-refractivity contribution is 5.87. The zero-order valence-electron chi connectivity index (χ0n) is 22.5. The van der Waals surface area contributed by atoms with Gasteiger partial charge in [-0.3, -0.25) is 19.3 Å². The van der Waals surface area contributed by atoms with Gasteiger partial charge in [-0.1, -0.05) is 49.6 Å². The molecule has 1 aromatic carbocycles. The maximum atomic E-state index is 13.3. The van der Waals surface area contributed by atoms with Gasteiger partial charge in [-0.15, -0.1) is 0 Å². The van der Waals surface area contributed by atoms with Crippen LogP contribution in [0.1, 0.15) is 64.9 Å². The number of hydrogen-bond donors (Lipinski definition) is 5. The molecule has 0 radical (unpaired) electrons. The van der Waals surface area contributed by atoms with Crippen LogP contribution in [0.3, 0.4) is 0 Å². The SMILES string of the molecule is CC(C)(C)NC(=O)[C@@H]1C[C@H]2CCCC[C@@H]2CN1C[C@@H](O)[C@H](Cc1ccccc1)NC(=O)[C@@H](N)CC(N)=O. The predicted molar refractivity (Wildman–Crippen MR) is 143 cm³/mol. The van der Waals surface area contributed by atoms with Gasteiger partial charge in [0.05, 0.1) is 30.7 Å². The fourth-order valence-electron chi connectivity index (χ4n) is 5.74. The fourth-order valence-corrected chi connectivity index (χ4v) is 5.74. The van der Waals surface area contributed by atoms with E-state index in [1.807, 2.05) is 51.1 Å². The summed E-state index contributed by atoms with van der Waals surface area (Å²) >= 11 is 0. The standard InChI is InChI=1S/C28H45N5O4/c1-28(2,3)32-27(37)23-14-19-11-7-8-12-20(19)16-33(23)17-24(34)22(13-18-9-5-4-6-10-18)31-26(36)21(29)15-25(30)35/h4-6,9-10,19-24,34H,7-8,11-17,29H2,1-3H3,(H2,30,35)(H,31,36)(H,32,37)/t19-,20-,21+,22+,23+,24-/m1/s1. The molecule has 1 aliphatic carbocycles. The summed E-state index contributed by atoms with van der Waals surface area (Å²) in [5.74, 6) is -0.191. The lowest BCUT2D eigenvalue weighted by Gasteiger charge is -2.47. The number of benzene rings is 1. The lowest BCUT2D eigenvalue weighted by atomic mass is 9.72. The van der Waals surface area contributed by atoms with E-state index in [0.717, 1.165) is 31.4 Å². The van der Waals surface area contributed by atoms with Crippen molar-refractivity contribution in [2.75, 3.05) is 13.1 Å². The van der Waals surface area contributed by atoms with Crippen molar-refractivity contribution < 1.29 is 19.5 Å². The number of nitrogens with two attached hydrogens (primary N) is 2. The van der Waals surface area contributed by atoms with Crippen LogP contribution in [0.2, 0.25) is 0 Å². The number of nitrogens with one attached hydrogen (secondary N) is 2. The van der Waals surface area contributed by atoms with Gasteiger partial charge in [-0.25, -0.2) is 0 Å².